The van der Waals surface area contributed by atoms with Crippen LogP contribution in [0.15, 0.2) is 47.6 Å². The molecule has 8 nitrogen and oxygen atoms in total. The first-order chi connectivity index (χ1) is 16.2. The molecular weight excluding hydrogens is 454 g/mol. The van der Waals surface area contributed by atoms with Crippen molar-refractivity contribution in [2.24, 2.45) is 5.92 Å². The molecule has 3 atom stereocenters. The van der Waals surface area contributed by atoms with E-state index in [0.29, 0.717) is 18.5 Å². The maximum Gasteiger partial charge on any atom is 0.247 e. The van der Waals surface area contributed by atoms with Gasteiger partial charge in [-0.3, -0.25) is 9.78 Å². The summed E-state index contributed by atoms with van der Waals surface area (Å²) in [5.74, 6) is 6.00. The first-order valence-electron chi connectivity index (χ1n) is 11.3. The predicted octanol–water partition coefficient (Wildman–Crippen LogP) is 2.12. The number of aliphatic hydroxyl groups excluding tert-OH is 1. The number of hydrogen-bond acceptors (Lipinski definition) is 6. The van der Waals surface area contributed by atoms with Crippen LogP contribution in [0.4, 0.5) is 0 Å². The largest absolute Gasteiger partial charge is 0.487 e. The Hall–Kier alpha value is -2.93. The van der Waals surface area contributed by atoms with Crippen molar-refractivity contribution < 1.29 is 23.1 Å². The topological polar surface area (TPSA) is 100 Å². The standard InChI is InChI=1S/C25H31N3O5S/c1-5-25(30)27(4)16-23-18(2)15-28(19(3)17-29)34(31,32)24-9-8-21(14-22(24)33-23)7-6-20-10-12-26-13-11-20/h8-14,18-19,23,29H,5,15-17H2,1-4H3/t18-,19-,23-/m0/s1. The Bertz CT molecular complexity index is 1170. The molecular formula is C25H31N3O5S. The fraction of sp³-hybridized carbons (Fsp3) is 0.440. The van der Waals surface area contributed by atoms with E-state index in [4.69, 9.17) is 4.74 Å². The lowest BCUT2D eigenvalue weighted by molar-refractivity contribution is -0.131. The van der Waals surface area contributed by atoms with Crippen LogP contribution in [0.1, 0.15) is 38.3 Å². The van der Waals surface area contributed by atoms with Gasteiger partial charge < -0.3 is 14.7 Å². The van der Waals surface area contributed by atoms with Crippen LogP contribution in [-0.4, -0.2) is 72.5 Å². The number of fused-ring (bicyclic) bond motifs is 1. The lowest BCUT2D eigenvalue weighted by Gasteiger charge is -2.37. The van der Waals surface area contributed by atoms with E-state index in [2.05, 4.69) is 16.8 Å². The van der Waals surface area contributed by atoms with E-state index in [1.165, 1.54) is 10.4 Å². The van der Waals surface area contributed by atoms with Crippen LogP contribution in [0, 0.1) is 17.8 Å². The molecule has 1 aromatic heterocycles. The fourth-order valence-electron chi connectivity index (χ4n) is 3.74. The maximum absolute atomic E-state index is 13.5. The molecule has 0 unspecified atom stereocenters. The molecule has 1 aliphatic rings. The molecule has 1 amide bonds. The number of nitrogens with zero attached hydrogens (tertiary/aromatic N) is 3. The first-order valence-corrected chi connectivity index (χ1v) is 12.7. The SMILES string of the molecule is CCC(=O)N(C)C[C@@H]1Oc2cc(C#Cc3ccncc3)ccc2S(=O)(=O)N([C@@H](C)CO)C[C@@H]1C. The highest BCUT2D eigenvalue weighted by molar-refractivity contribution is 7.89. The molecule has 3 rings (SSSR count). The van der Waals surface area contributed by atoms with E-state index in [0.717, 1.165) is 5.56 Å². The van der Waals surface area contributed by atoms with Crippen molar-refractivity contribution >= 4 is 15.9 Å². The summed E-state index contributed by atoms with van der Waals surface area (Å²) < 4.78 is 34.6. The molecule has 0 fully saturated rings. The number of rotatable bonds is 5. The third-order valence-corrected chi connectivity index (χ3v) is 7.90. The zero-order valence-corrected chi connectivity index (χ0v) is 20.7. The van der Waals surface area contributed by atoms with Crippen molar-refractivity contribution in [1.29, 1.82) is 0 Å². The van der Waals surface area contributed by atoms with Gasteiger partial charge in [0.1, 0.15) is 16.7 Å². The Morgan fingerprint density at radius 2 is 1.94 bits per heavy atom. The lowest BCUT2D eigenvalue weighted by Crippen LogP contribution is -2.50. The molecule has 2 aromatic rings. The summed E-state index contributed by atoms with van der Waals surface area (Å²) in [6, 6.07) is 7.71. The van der Waals surface area contributed by atoms with Gasteiger partial charge in [-0.15, -0.1) is 0 Å². The zero-order chi connectivity index (χ0) is 24.9. The zero-order valence-electron chi connectivity index (χ0n) is 19.9. The van der Waals surface area contributed by atoms with E-state index < -0.39 is 22.2 Å². The molecule has 0 saturated heterocycles. The summed E-state index contributed by atoms with van der Waals surface area (Å²) in [5, 5.41) is 9.74. The molecule has 0 aliphatic carbocycles. The average molecular weight is 486 g/mol. The number of pyridine rings is 1. The van der Waals surface area contributed by atoms with Gasteiger partial charge in [0.15, 0.2) is 0 Å². The van der Waals surface area contributed by atoms with Crippen molar-refractivity contribution in [2.45, 2.75) is 44.2 Å². The highest BCUT2D eigenvalue weighted by Gasteiger charge is 2.38. The van der Waals surface area contributed by atoms with Crippen LogP contribution < -0.4 is 4.74 Å². The van der Waals surface area contributed by atoms with Crippen LogP contribution in [0.5, 0.6) is 5.75 Å². The predicted molar refractivity (Wildman–Crippen MR) is 129 cm³/mol. The van der Waals surface area contributed by atoms with Gasteiger partial charge in [0.25, 0.3) is 0 Å². The molecule has 1 aromatic carbocycles. The quantitative estimate of drug-likeness (QED) is 0.652. The molecule has 0 bridgehead atoms. The molecule has 34 heavy (non-hydrogen) atoms. The van der Waals surface area contributed by atoms with E-state index in [9.17, 15) is 18.3 Å². The maximum atomic E-state index is 13.5. The normalized spacial score (nSPS) is 20.5. The smallest absolute Gasteiger partial charge is 0.247 e. The Morgan fingerprint density at radius 3 is 2.59 bits per heavy atom. The van der Waals surface area contributed by atoms with Gasteiger partial charge in [-0.25, -0.2) is 8.42 Å². The summed E-state index contributed by atoms with van der Waals surface area (Å²) in [6.07, 6.45) is 3.21. The van der Waals surface area contributed by atoms with Gasteiger partial charge in [-0.2, -0.15) is 4.31 Å². The lowest BCUT2D eigenvalue weighted by atomic mass is 10.0. The van der Waals surface area contributed by atoms with Gasteiger partial charge in [0, 0.05) is 55.5 Å². The van der Waals surface area contributed by atoms with Crippen LogP contribution in [0.2, 0.25) is 0 Å². The van der Waals surface area contributed by atoms with Crippen LogP contribution >= 0.6 is 0 Å². The van der Waals surface area contributed by atoms with E-state index in [1.807, 2.05) is 6.92 Å². The summed E-state index contributed by atoms with van der Waals surface area (Å²) >= 11 is 0. The summed E-state index contributed by atoms with van der Waals surface area (Å²) in [7, 11) is -2.22. The number of likely N-dealkylation sites (N-methyl/N-ethyl adjacent to an activating group) is 1. The number of amides is 1. The van der Waals surface area contributed by atoms with Crippen LogP contribution in [-0.2, 0) is 14.8 Å². The van der Waals surface area contributed by atoms with Crippen molar-refractivity contribution in [3.63, 3.8) is 0 Å². The average Bonchev–Trinajstić information content (AvgIpc) is 2.84. The number of hydrogen-bond donors (Lipinski definition) is 1. The molecule has 1 aliphatic heterocycles. The molecule has 1 N–H and O–H groups in total. The summed E-state index contributed by atoms with van der Waals surface area (Å²) in [4.78, 5) is 17.8. The minimum absolute atomic E-state index is 0.0173. The summed E-state index contributed by atoms with van der Waals surface area (Å²) in [5.41, 5.74) is 1.38. The highest BCUT2D eigenvalue weighted by Crippen LogP contribution is 2.34. The number of carbonyl (C=O) groups excluding carboxylic acids is 1. The van der Waals surface area contributed by atoms with Crippen molar-refractivity contribution in [1.82, 2.24) is 14.2 Å². The molecule has 9 heteroatoms. The minimum atomic E-state index is -3.93. The second-order valence-corrected chi connectivity index (χ2v) is 10.4. The van der Waals surface area contributed by atoms with E-state index in [1.54, 1.807) is 62.5 Å². The minimum Gasteiger partial charge on any atom is -0.487 e. The van der Waals surface area contributed by atoms with E-state index >= 15 is 0 Å². The number of aliphatic hydroxyl groups is 1. The Kier molecular flexibility index (Phi) is 8.31. The molecule has 0 radical (unpaired) electrons. The van der Waals surface area contributed by atoms with E-state index in [-0.39, 0.29) is 35.6 Å². The van der Waals surface area contributed by atoms with Gasteiger partial charge in [-0.05, 0) is 37.3 Å². The molecule has 2 heterocycles. The van der Waals surface area contributed by atoms with Gasteiger partial charge in [0.2, 0.25) is 15.9 Å². The number of ether oxygens (including phenoxy) is 1. The molecule has 182 valence electrons. The summed E-state index contributed by atoms with van der Waals surface area (Å²) in [6.45, 7) is 5.51. The highest BCUT2D eigenvalue weighted by atomic mass is 32.2. The van der Waals surface area contributed by atoms with Crippen LogP contribution in [0.25, 0.3) is 0 Å². The second-order valence-electron chi connectivity index (χ2n) is 8.52. The van der Waals surface area contributed by atoms with Gasteiger partial charge >= 0.3 is 0 Å². The Morgan fingerprint density at radius 1 is 1.26 bits per heavy atom. The number of carbonyl (C=O) groups is 1. The Labute approximate surface area is 201 Å². The van der Waals surface area contributed by atoms with Gasteiger partial charge in [-0.1, -0.05) is 25.7 Å². The third kappa shape index (κ3) is 5.76. The third-order valence-electron chi connectivity index (χ3n) is 5.88. The Balaban J connectivity index is 2.06. The van der Waals surface area contributed by atoms with Crippen molar-refractivity contribution in [3.8, 4) is 17.6 Å². The molecule has 0 spiro atoms. The van der Waals surface area contributed by atoms with Crippen molar-refractivity contribution in [2.75, 3.05) is 26.7 Å². The second kappa shape index (κ2) is 11.0. The molecule has 0 saturated carbocycles. The monoisotopic (exact) mass is 485 g/mol. The van der Waals surface area contributed by atoms with Crippen molar-refractivity contribution in [3.05, 3.63) is 53.9 Å². The number of aromatic nitrogens is 1. The first kappa shape index (κ1) is 25.7. The number of sulfonamides is 1. The van der Waals surface area contributed by atoms with Gasteiger partial charge in [0.05, 0.1) is 13.2 Å². The fourth-order valence-corrected chi connectivity index (χ4v) is 5.57. The van der Waals surface area contributed by atoms with Crippen LogP contribution in [0.3, 0.4) is 0 Å². The number of benzene rings is 1.